The second-order valence-corrected chi connectivity index (χ2v) is 9.84. The van der Waals surface area contributed by atoms with Gasteiger partial charge in [0.25, 0.3) is 0 Å². The summed E-state index contributed by atoms with van der Waals surface area (Å²) in [6.45, 7) is 4.96. The molecule has 28 heavy (non-hydrogen) atoms. The Bertz CT molecular complexity index is 842. The molecule has 2 aliphatic heterocycles. The molecular weight excluding hydrogens is 387 g/mol. The van der Waals surface area contributed by atoms with Crippen LogP contribution in [0.1, 0.15) is 46.5 Å². The first-order valence-corrected chi connectivity index (χ1v) is 10.8. The van der Waals surface area contributed by atoms with Crippen LogP contribution in [0.25, 0.3) is 0 Å². The van der Waals surface area contributed by atoms with Crippen LogP contribution in [0.15, 0.2) is 18.2 Å². The van der Waals surface area contributed by atoms with Crippen LogP contribution < -0.4 is 20.1 Å². The molecule has 1 aromatic rings. The standard InChI is InChI=1S/C18H27FN4O4S/c1-18(2,3)27-17(24)22-28(25,26)21-12-9-13-5-6-14(10-12)23(13)16-7-4-11(19)8-15(16)20/h4,7-8,12-14,21H,5-6,9-10,20H2,1-3H3,(H,22,24). The Morgan fingerprint density at radius 2 is 1.86 bits per heavy atom. The van der Waals surface area contributed by atoms with E-state index in [2.05, 4.69) is 9.62 Å². The van der Waals surface area contributed by atoms with Crippen molar-refractivity contribution in [2.24, 2.45) is 0 Å². The molecular formula is C18H27FN4O4S. The zero-order valence-electron chi connectivity index (χ0n) is 16.2. The predicted octanol–water partition coefficient (Wildman–Crippen LogP) is 2.27. The fraction of sp³-hybridized carbons (Fsp3) is 0.611. The van der Waals surface area contributed by atoms with Crippen molar-refractivity contribution in [1.82, 2.24) is 9.44 Å². The smallest absolute Gasteiger partial charge is 0.422 e. The van der Waals surface area contributed by atoms with Crippen molar-refractivity contribution in [3.05, 3.63) is 24.0 Å². The van der Waals surface area contributed by atoms with Gasteiger partial charge in [-0.3, -0.25) is 0 Å². The number of nitrogens with zero attached hydrogens (tertiary/aromatic N) is 1. The van der Waals surface area contributed by atoms with Gasteiger partial charge in [-0.05, 0) is 64.7 Å². The number of carbonyl (C=O) groups excluding carboxylic acids is 1. The first kappa shape index (κ1) is 20.7. The van der Waals surface area contributed by atoms with Gasteiger partial charge in [0.05, 0.1) is 11.4 Å². The van der Waals surface area contributed by atoms with Crippen molar-refractivity contribution in [3.63, 3.8) is 0 Å². The van der Waals surface area contributed by atoms with Crippen molar-refractivity contribution < 1.29 is 22.3 Å². The van der Waals surface area contributed by atoms with Crippen LogP contribution in [0.4, 0.5) is 20.6 Å². The Hall–Kier alpha value is -2.07. The highest BCUT2D eigenvalue weighted by atomic mass is 32.2. The third-order valence-corrected chi connectivity index (χ3v) is 6.02. The summed E-state index contributed by atoms with van der Waals surface area (Å²) < 4.78 is 47.3. The first-order valence-electron chi connectivity index (χ1n) is 9.30. The number of nitrogen functional groups attached to an aromatic ring is 1. The molecule has 1 aromatic carbocycles. The van der Waals surface area contributed by atoms with E-state index in [0.29, 0.717) is 18.5 Å². The van der Waals surface area contributed by atoms with Crippen LogP contribution in [0, 0.1) is 5.82 Å². The predicted molar refractivity (Wildman–Crippen MR) is 105 cm³/mol. The van der Waals surface area contributed by atoms with Gasteiger partial charge in [-0.25, -0.2) is 13.9 Å². The van der Waals surface area contributed by atoms with Gasteiger partial charge in [0.2, 0.25) is 0 Å². The average molecular weight is 415 g/mol. The molecule has 1 amide bonds. The number of piperidine rings is 1. The monoisotopic (exact) mass is 414 g/mol. The van der Waals surface area contributed by atoms with E-state index < -0.39 is 21.9 Å². The molecule has 3 rings (SSSR count). The van der Waals surface area contributed by atoms with E-state index in [1.807, 2.05) is 4.72 Å². The fourth-order valence-corrected chi connectivity index (χ4v) is 5.04. The second kappa shape index (κ2) is 7.40. The van der Waals surface area contributed by atoms with Crippen molar-refractivity contribution in [2.45, 2.75) is 70.2 Å². The topological polar surface area (TPSA) is 114 Å². The van der Waals surface area contributed by atoms with Gasteiger partial charge in [0.1, 0.15) is 11.4 Å². The van der Waals surface area contributed by atoms with E-state index in [1.54, 1.807) is 26.8 Å². The van der Waals surface area contributed by atoms with E-state index in [1.165, 1.54) is 12.1 Å². The van der Waals surface area contributed by atoms with E-state index in [0.717, 1.165) is 18.5 Å². The number of carbonyl (C=O) groups is 1. The van der Waals surface area contributed by atoms with E-state index >= 15 is 0 Å². The maximum Gasteiger partial charge on any atom is 0.422 e. The molecule has 4 N–H and O–H groups in total. The third-order valence-electron chi connectivity index (χ3n) is 4.94. The molecule has 0 spiro atoms. The van der Waals surface area contributed by atoms with Gasteiger partial charge in [-0.15, -0.1) is 0 Å². The molecule has 0 radical (unpaired) electrons. The number of rotatable bonds is 4. The molecule has 0 aliphatic carbocycles. The van der Waals surface area contributed by atoms with Crippen LogP contribution in [0.3, 0.4) is 0 Å². The summed E-state index contributed by atoms with van der Waals surface area (Å²) in [5, 5.41) is 0. The molecule has 8 nitrogen and oxygen atoms in total. The number of nitrogens with two attached hydrogens (primary N) is 1. The number of amides is 1. The van der Waals surface area contributed by atoms with Gasteiger partial charge in [0, 0.05) is 18.1 Å². The lowest BCUT2D eigenvalue weighted by Gasteiger charge is -2.41. The lowest BCUT2D eigenvalue weighted by molar-refractivity contribution is 0.0569. The highest BCUT2D eigenvalue weighted by Crippen LogP contribution is 2.41. The largest absolute Gasteiger partial charge is 0.443 e. The number of halogens is 1. The number of hydrogen-bond acceptors (Lipinski definition) is 6. The van der Waals surface area contributed by atoms with Crippen molar-refractivity contribution >= 4 is 27.7 Å². The molecule has 2 atom stereocenters. The maximum absolute atomic E-state index is 13.4. The van der Waals surface area contributed by atoms with Crippen LogP contribution in [0.2, 0.25) is 0 Å². The Balaban J connectivity index is 1.64. The van der Waals surface area contributed by atoms with E-state index in [4.69, 9.17) is 10.5 Å². The lowest BCUT2D eigenvalue weighted by atomic mass is 9.97. The summed E-state index contributed by atoms with van der Waals surface area (Å²) in [4.78, 5) is 13.9. The van der Waals surface area contributed by atoms with Crippen molar-refractivity contribution in [2.75, 3.05) is 10.6 Å². The second-order valence-electron chi connectivity index (χ2n) is 8.39. The van der Waals surface area contributed by atoms with E-state index in [9.17, 15) is 17.6 Å². The quantitative estimate of drug-likeness (QED) is 0.652. The summed E-state index contributed by atoms with van der Waals surface area (Å²) in [5.41, 5.74) is 6.36. The zero-order valence-corrected chi connectivity index (χ0v) is 17.1. The van der Waals surface area contributed by atoms with E-state index in [-0.39, 0.29) is 23.9 Å². The molecule has 2 saturated heterocycles. The van der Waals surface area contributed by atoms with Crippen LogP contribution in [-0.4, -0.2) is 38.2 Å². The molecule has 2 fully saturated rings. The minimum Gasteiger partial charge on any atom is -0.443 e. The SMILES string of the molecule is CC(C)(C)OC(=O)NS(=O)(=O)NC1CC2CCC(C1)N2c1ccc(F)cc1N. The molecule has 2 heterocycles. The molecule has 10 heteroatoms. The van der Waals surface area contributed by atoms with Gasteiger partial charge < -0.3 is 15.4 Å². The minimum atomic E-state index is -4.04. The van der Waals surface area contributed by atoms with Crippen LogP contribution >= 0.6 is 0 Å². The normalized spacial score (nSPS) is 24.9. The Labute approximate surface area is 164 Å². The maximum atomic E-state index is 13.4. The summed E-state index contributed by atoms with van der Waals surface area (Å²) in [5.74, 6) is -0.385. The minimum absolute atomic E-state index is 0.0979. The summed E-state index contributed by atoms with van der Waals surface area (Å²) >= 11 is 0. The Morgan fingerprint density at radius 3 is 2.39 bits per heavy atom. The molecule has 0 saturated carbocycles. The lowest BCUT2D eigenvalue weighted by Crippen LogP contribution is -2.53. The average Bonchev–Trinajstić information content (AvgIpc) is 2.76. The van der Waals surface area contributed by atoms with Gasteiger partial charge in [0.15, 0.2) is 0 Å². The number of anilines is 2. The number of ether oxygens (including phenoxy) is 1. The van der Waals surface area contributed by atoms with Gasteiger partial charge in [-0.1, -0.05) is 0 Å². The zero-order chi connectivity index (χ0) is 20.7. The number of benzene rings is 1. The number of nitrogens with one attached hydrogen (secondary N) is 2. The molecule has 156 valence electrons. The molecule has 0 aromatic heterocycles. The third kappa shape index (κ3) is 4.85. The van der Waals surface area contributed by atoms with Crippen molar-refractivity contribution in [1.29, 1.82) is 0 Å². The fourth-order valence-electron chi connectivity index (χ4n) is 4.08. The Morgan fingerprint density at radius 1 is 1.25 bits per heavy atom. The van der Waals surface area contributed by atoms with Crippen LogP contribution in [-0.2, 0) is 14.9 Å². The summed E-state index contributed by atoms with van der Waals surface area (Å²) in [6, 6.07) is 4.24. The molecule has 2 aliphatic rings. The highest BCUT2D eigenvalue weighted by Gasteiger charge is 2.42. The number of fused-ring (bicyclic) bond motifs is 2. The highest BCUT2D eigenvalue weighted by molar-refractivity contribution is 7.88. The summed E-state index contributed by atoms with van der Waals surface area (Å²) in [7, 11) is -4.04. The first-order chi connectivity index (χ1) is 12.9. The Kier molecular flexibility index (Phi) is 5.46. The summed E-state index contributed by atoms with van der Waals surface area (Å²) in [6.07, 6.45) is 1.93. The molecule has 2 unspecified atom stereocenters. The number of hydrogen-bond donors (Lipinski definition) is 3. The van der Waals surface area contributed by atoms with Gasteiger partial charge in [-0.2, -0.15) is 13.1 Å². The molecule has 2 bridgehead atoms. The van der Waals surface area contributed by atoms with Crippen LogP contribution in [0.5, 0.6) is 0 Å². The van der Waals surface area contributed by atoms with Crippen molar-refractivity contribution in [3.8, 4) is 0 Å². The van der Waals surface area contributed by atoms with Gasteiger partial charge >= 0.3 is 16.3 Å².